The standard InChI is InChI=1S/C14H20N4O3S/c1-10-7-18(12(19)11-8-22-16-15-11)9-14(10)3-4-17(13(14)20)5-6-21-2/h8,10H,3-7,9H2,1-2H3/t10-,14-/m1/s1. The van der Waals surface area contributed by atoms with Crippen LogP contribution < -0.4 is 0 Å². The molecule has 2 saturated heterocycles. The molecule has 1 spiro atoms. The van der Waals surface area contributed by atoms with Crippen LogP contribution in [-0.2, 0) is 9.53 Å². The third kappa shape index (κ3) is 2.40. The van der Waals surface area contributed by atoms with Crippen molar-refractivity contribution < 1.29 is 14.3 Å². The van der Waals surface area contributed by atoms with Crippen LogP contribution >= 0.6 is 11.5 Å². The van der Waals surface area contributed by atoms with Gasteiger partial charge in [0.15, 0.2) is 5.69 Å². The van der Waals surface area contributed by atoms with Crippen molar-refractivity contribution in [3.05, 3.63) is 11.1 Å². The van der Waals surface area contributed by atoms with E-state index in [-0.39, 0.29) is 17.7 Å². The highest BCUT2D eigenvalue weighted by atomic mass is 32.1. The highest BCUT2D eigenvalue weighted by Crippen LogP contribution is 2.44. The molecule has 0 saturated carbocycles. The fraction of sp³-hybridized carbons (Fsp3) is 0.714. The number of hydrogen-bond donors (Lipinski definition) is 0. The van der Waals surface area contributed by atoms with E-state index in [9.17, 15) is 9.59 Å². The summed E-state index contributed by atoms with van der Waals surface area (Å²) in [6.07, 6.45) is 0.801. The van der Waals surface area contributed by atoms with Gasteiger partial charge in [0.05, 0.1) is 12.0 Å². The van der Waals surface area contributed by atoms with Crippen LogP contribution in [-0.4, -0.2) is 71.1 Å². The number of rotatable bonds is 4. The third-order valence-corrected chi connectivity index (χ3v) is 5.39. The van der Waals surface area contributed by atoms with Crippen LogP contribution in [0.25, 0.3) is 0 Å². The topological polar surface area (TPSA) is 75.6 Å². The number of aromatic nitrogens is 2. The van der Waals surface area contributed by atoms with Gasteiger partial charge in [0.2, 0.25) is 5.91 Å². The molecule has 0 aliphatic carbocycles. The molecule has 0 unspecified atom stereocenters. The summed E-state index contributed by atoms with van der Waals surface area (Å²) in [4.78, 5) is 28.9. The van der Waals surface area contributed by atoms with Crippen LogP contribution in [0.3, 0.4) is 0 Å². The van der Waals surface area contributed by atoms with Gasteiger partial charge >= 0.3 is 0 Å². The Kier molecular flexibility index (Phi) is 4.14. The fourth-order valence-electron chi connectivity index (χ4n) is 3.52. The molecule has 0 aromatic carbocycles. The molecule has 2 fully saturated rings. The molecular weight excluding hydrogens is 304 g/mol. The van der Waals surface area contributed by atoms with Gasteiger partial charge in [-0.25, -0.2) is 0 Å². The van der Waals surface area contributed by atoms with Gasteiger partial charge in [0, 0.05) is 38.7 Å². The van der Waals surface area contributed by atoms with Crippen LogP contribution in [0, 0.1) is 11.3 Å². The first-order chi connectivity index (χ1) is 10.6. The van der Waals surface area contributed by atoms with E-state index in [0.717, 1.165) is 24.5 Å². The smallest absolute Gasteiger partial charge is 0.275 e. The molecule has 1 aromatic rings. The van der Waals surface area contributed by atoms with Crippen molar-refractivity contribution >= 4 is 23.3 Å². The van der Waals surface area contributed by atoms with Crippen LogP contribution in [0.5, 0.6) is 0 Å². The quantitative estimate of drug-likeness (QED) is 0.806. The highest BCUT2D eigenvalue weighted by molar-refractivity contribution is 7.03. The van der Waals surface area contributed by atoms with Crippen LogP contribution in [0.15, 0.2) is 5.38 Å². The second-order valence-electron chi connectivity index (χ2n) is 6.07. The Morgan fingerprint density at radius 3 is 3.09 bits per heavy atom. The average molecular weight is 324 g/mol. The number of nitrogens with zero attached hydrogens (tertiary/aromatic N) is 4. The Balaban J connectivity index is 1.73. The fourth-order valence-corrected chi connectivity index (χ4v) is 3.95. The number of carbonyl (C=O) groups excluding carboxylic acids is 2. The van der Waals surface area contributed by atoms with Crippen molar-refractivity contribution in [2.45, 2.75) is 13.3 Å². The lowest BCUT2D eigenvalue weighted by molar-refractivity contribution is -0.137. The molecule has 7 nitrogen and oxygen atoms in total. The first kappa shape index (κ1) is 15.4. The van der Waals surface area contributed by atoms with E-state index in [1.807, 2.05) is 4.90 Å². The van der Waals surface area contributed by atoms with E-state index in [2.05, 4.69) is 16.5 Å². The molecule has 2 amide bonds. The summed E-state index contributed by atoms with van der Waals surface area (Å²) in [6.45, 7) is 5.04. The molecule has 3 rings (SSSR count). The van der Waals surface area contributed by atoms with Gasteiger partial charge in [-0.3, -0.25) is 9.59 Å². The Morgan fingerprint density at radius 2 is 2.41 bits per heavy atom. The van der Waals surface area contributed by atoms with Gasteiger partial charge in [0.25, 0.3) is 5.91 Å². The zero-order valence-electron chi connectivity index (χ0n) is 12.8. The summed E-state index contributed by atoms with van der Waals surface area (Å²) in [7, 11) is 1.64. The maximum absolute atomic E-state index is 12.8. The molecule has 8 heteroatoms. The summed E-state index contributed by atoms with van der Waals surface area (Å²) in [5, 5.41) is 5.49. The summed E-state index contributed by atoms with van der Waals surface area (Å²) >= 11 is 1.16. The zero-order valence-corrected chi connectivity index (χ0v) is 13.6. The molecule has 3 heterocycles. The molecule has 2 aliphatic rings. The molecule has 22 heavy (non-hydrogen) atoms. The number of amides is 2. The second kappa shape index (κ2) is 5.92. The van der Waals surface area contributed by atoms with Gasteiger partial charge in [-0.05, 0) is 23.9 Å². The van der Waals surface area contributed by atoms with Crippen molar-refractivity contribution in [2.24, 2.45) is 11.3 Å². The molecule has 120 valence electrons. The lowest BCUT2D eigenvalue weighted by atomic mass is 9.78. The van der Waals surface area contributed by atoms with Gasteiger partial charge in [-0.1, -0.05) is 11.4 Å². The highest BCUT2D eigenvalue weighted by Gasteiger charge is 2.55. The number of hydrogen-bond acceptors (Lipinski definition) is 6. The summed E-state index contributed by atoms with van der Waals surface area (Å²) in [5.74, 6) is 0.187. The molecular formula is C14H20N4O3S. The van der Waals surface area contributed by atoms with E-state index in [1.54, 1.807) is 17.4 Å². The minimum absolute atomic E-state index is 0.124. The Bertz CT molecular complexity index is 564. The van der Waals surface area contributed by atoms with Crippen molar-refractivity contribution in [1.29, 1.82) is 0 Å². The minimum atomic E-state index is -0.438. The Morgan fingerprint density at radius 1 is 1.59 bits per heavy atom. The van der Waals surface area contributed by atoms with E-state index in [0.29, 0.717) is 31.9 Å². The monoisotopic (exact) mass is 324 g/mol. The lowest BCUT2D eigenvalue weighted by Gasteiger charge is -2.26. The molecule has 0 radical (unpaired) electrons. The van der Waals surface area contributed by atoms with Gasteiger partial charge in [-0.2, -0.15) is 0 Å². The van der Waals surface area contributed by atoms with Crippen LogP contribution in [0.2, 0.25) is 0 Å². The van der Waals surface area contributed by atoms with Crippen LogP contribution in [0.4, 0.5) is 0 Å². The predicted octanol–water partition coefficient (Wildman–Crippen LogP) is 0.495. The average Bonchev–Trinajstić information content (AvgIpc) is 3.21. The molecule has 2 atom stereocenters. The summed E-state index contributed by atoms with van der Waals surface area (Å²) in [6, 6.07) is 0. The lowest BCUT2D eigenvalue weighted by Crippen LogP contribution is -2.41. The SMILES string of the molecule is COCCN1CC[C@]2(CN(C(=O)c3csnn3)C[C@H]2C)C1=O. The summed E-state index contributed by atoms with van der Waals surface area (Å²) < 4.78 is 8.80. The predicted molar refractivity (Wildman–Crippen MR) is 80.5 cm³/mol. The molecule has 0 bridgehead atoms. The van der Waals surface area contributed by atoms with Gasteiger partial charge in [0.1, 0.15) is 0 Å². The van der Waals surface area contributed by atoms with Crippen LogP contribution in [0.1, 0.15) is 23.8 Å². The number of carbonyl (C=O) groups is 2. The Labute approximate surface area is 133 Å². The van der Waals surface area contributed by atoms with Gasteiger partial charge in [-0.15, -0.1) is 5.10 Å². The van der Waals surface area contributed by atoms with E-state index < -0.39 is 5.41 Å². The number of likely N-dealkylation sites (tertiary alicyclic amines) is 2. The second-order valence-corrected chi connectivity index (χ2v) is 6.68. The van der Waals surface area contributed by atoms with E-state index in [4.69, 9.17) is 4.74 Å². The van der Waals surface area contributed by atoms with Crippen molar-refractivity contribution in [1.82, 2.24) is 19.4 Å². The normalized spacial score (nSPS) is 28.1. The first-order valence-corrected chi connectivity index (χ1v) is 8.27. The largest absolute Gasteiger partial charge is 0.383 e. The van der Waals surface area contributed by atoms with Crippen molar-refractivity contribution in [3.8, 4) is 0 Å². The maximum atomic E-state index is 12.8. The van der Waals surface area contributed by atoms with Crippen molar-refractivity contribution in [3.63, 3.8) is 0 Å². The molecule has 1 aromatic heterocycles. The van der Waals surface area contributed by atoms with Crippen molar-refractivity contribution in [2.75, 3.05) is 39.9 Å². The third-order valence-electron chi connectivity index (χ3n) is 4.88. The number of methoxy groups -OCH3 is 1. The molecule has 0 N–H and O–H groups in total. The van der Waals surface area contributed by atoms with Gasteiger partial charge < -0.3 is 14.5 Å². The maximum Gasteiger partial charge on any atom is 0.275 e. The molecule has 2 aliphatic heterocycles. The zero-order chi connectivity index (χ0) is 15.7. The van der Waals surface area contributed by atoms with E-state index >= 15 is 0 Å². The minimum Gasteiger partial charge on any atom is -0.383 e. The summed E-state index contributed by atoms with van der Waals surface area (Å²) in [5.41, 5.74) is -0.0664. The first-order valence-electron chi connectivity index (χ1n) is 7.43. The number of ether oxygens (including phenoxy) is 1. The Hall–Kier alpha value is -1.54. The van der Waals surface area contributed by atoms with E-state index in [1.165, 1.54) is 0 Å².